The van der Waals surface area contributed by atoms with E-state index in [-0.39, 0.29) is 6.54 Å². The third-order valence-electron chi connectivity index (χ3n) is 3.63. The molecule has 0 saturated carbocycles. The molecule has 3 heterocycles. The molecule has 0 bridgehead atoms. The summed E-state index contributed by atoms with van der Waals surface area (Å²) in [5.74, 6) is 0.655. The van der Waals surface area contributed by atoms with Crippen LogP contribution in [-0.4, -0.2) is 14.8 Å². The van der Waals surface area contributed by atoms with Gasteiger partial charge in [-0.25, -0.2) is 9.78 Å². The maximum atomic E-state index is 12.0. The Morgan fingerprint density at radius 3 is 2.81 bits per heavy atom. The standard InChI is InChI=1S/C18H15N3O3S2/c1-12-4-6-14(7-5-12)23-10-16-19-13(11-26-16)9-21-18(22)24-17(20-21)15-3-2-8-25-15/h2-8,11H,9-10H2,1H3. The lowest BCUT2D eigenvalue weighted by atomic mass is 10.2. The van der Waals surface area contributed by atoms with E-state index in [1.165, 1.54) is 32.9 Å². The van der Waals surface area contributed by atoms with E-state index in [2.05, 4.69) is 10.1 Å². The highest BCUT2D eigenvalue weighted by Crippen LogP contribution is 2.21. The summed E-state index contributed by atoms with van der Waals surface area (Å²) in [6.07, 6.45) is 0. The number of thiophene rings is 1. The minimum absolute atomic E-state index is 0.273. The summed E-state index contributed by atoms with van der Waals surface area (Å²) in [4.78, 5) is 17.3. The molecule has 6 nitrogen and oxygen atoms in total. The molecule has 0 N–H and O–H groups in total. The average Bonchev–Trinajstić information content (AvgIpc) is 3.37. The Hall–Kier alpha value is -2.71. The van der Waals surface area contributed by atoms with Gasteiger partial charge in [-0.1, -0.05) is 23.8 Å². The fourth-order valence-corrected chi connectivity index (χ4v) is 3.67. The molecule has 0 aliphatic carbocycles. The lowest BCUT2D eigenvalue weighted by Gasteiger charge is -2.03. The van der Waals surface area contributed by atoms with Gasteiger partial charge in [0.2, 0.25) is 0 Å². The van der Waals surface area contributed by atoms with Crippen LogP contribution < -0.4 is 10.5 Å². The Bertz CT molecular complexity index is 1050. The van der Waals surface area contributed by atoms with Gasteiger partial charge in [-0.2, -0.15) is 4.68 Å². The van der Waals surface area contributed by atoms with Crippen molar-refractivity contribution in [3.8, 4) is 16.5 Å². The molecular weight excluding hydrogens is 370 g/mol. The van der Waals surface area contributed by atoms with Gasteiger partial charge < -0.3 is 9.15 Å². The van der Waals surface area contributed by atoms with Crippen LogP contribution in [0.1, 0.15) is 16.3 Å². The molecule has 26 heavy (non-hydrogen) atoms. The van der Waals surface area contributed by atoms with Gasteiger partial charge in [-0.15, -0.1) is 27.8 Å². The van der Waals surface area contributed by atoms with Gasteiger partial charge >= 0.3 is 5.76 Å². The number of benzene rings is 1. The molecule has 0 unspecified atom stereocenters. The second-order valence-electron chi connectivity index (χ2n) is 5.64. The van der Waals surface area contributed by atoms with E-state index >= 15 is 0 Å². The highest BCUT2D eigenvalue weighted by atomic mass is 32.1. The van der Waals surface area contributed by atoms with E-state index < -0.39 is 5.76 Å². The molecule has 1 aromatic carbocycles. The predicted octanol–water partition coefficient (Wildman–Crippen LogP) is 3.96. The fraction of sp³-hybridized carbons (Fsp3) is 0.167. The molecular formula is C18H15N3O3S2. The van der Waals surface area contributed by atoms with Gasteiger partial charge in [-0.05, 0) is 30.5 Å². The van der Waals surface area contributed by atoms with Gasteiger partial charge in [0.1, 0.15) is 17.4 Å². The predicted molar refractivity (Wildman–Crippen MR) is 101 cm³/mol. The SMILES string of the molecule is Cc1ccc(OCc2nc(Cn3nc(-c4cccs4)oc3=O)cs2)cc1. The highest BCUT2D eigenvalue weighted by Gasteiger charge is 2.13. The van der Waals surface area contributed by atoms with E-state index in [1.807, 2.05) is 54.1 Å². The van der Waals surface area contributed by atoms with Crippen LogP contribution in [0.3, 0.4) is 0 Å². The van der Waals surface area contributed by atoms with Crippen molar-refractivity contribution in [3.63, 3.8) is 0 Å². The fourth-order valence-electron chi connectivity index (χ4n) is 2.33. The molecule has 3 aromatic heterocycles. The van der Waals surface area contributed by atoms with Crippen LogP contribution >= 0.6 is 22.7 Å². The number of hydrogen-bond donors (Lipinski definition) is 0. The Kier molecular flexibility index (Phi) is 4.68. The van der Waals surface area contributed by atoms with Crippen molar-refractivity contribution in [2.75, 3.05) is 0 Å². The maximum Gasteiger partial charge on any atom is 0.437 e. The number of hydrogen-bond acceptors (Lipinski definition) is 7. The van der Waals surface area contributed by atoms with Gasteiger partial charge in [-0.3, -0.25) is 0 Å². The summed E-state index contributed by atoms with van der Waals surface area (Å²) in [5.41, 5.74) is 1.94. The zero-order valence-corrected chi connectivity index (χ0v) is 15.5. The molecule has 0 amide bonds. The van der Waals surface area contributed by atoms with Crippen molar-refractivity contribution in [2.24, 2.45) is 0 Å². The summed E-state index contributed by atoms with van der Waals surface area (Å²) in [6.45, 7) is 2.70. The van der Waals surface area contributed by atoms with Crippen molar-refractivity contribution < 1.29 is 9.15 Å². The smallest absolute Gasteiger partial charge is 0.437 e. The van der Waals surface area contributed by atoms with Gasteiger partial charge in [0.05, 0.1) is 17.1 Å². The molecule has 0 saturated heterocycles. The number of rotatable bonds is 6. The number of aryl methyl sites for hydroxylation is 1. The Balaban J connectivity index is 1.42. The third kappa shape index (κ3) is 3.76. The zero-order valence-electron chi connectivity index (χ0n) is 13.9. The molecule has 0 spiro atoms. The molecule has 0 fully saturated rings. The van der Waals surface area contributed by atoms with Crippen molar-refractivity contribution in [2.45, 2.75) is 20.1 Å². The van der Waals surface area contributed by atoms with Crippen LogP contribution in [0.15, 0.2) is 56.4 Å². The number of ether oxygens (including phenoxy) is 1. The maximum absolute atomic E-state index is 12.0. The van der Waals surface area contributed by atoms with Crippen molar-refractivity contribution in [1.29, 1.82) is 0 Å². The highest BCUT2D eigenvalue weighted by molar-refractivity contribution is 7.13. The number of thiazole rings is 1. The van der Waals surface area contributed by atoms with Crippen LogP contribution in [0, 0.1) is 6.92 Å². The second kappa shape index (κ2) is 7.27. The van der Waals surface area contributed by atoms with Crippen molar-refractivity contribution in [3.05, 3.63) is 74.0 Å². The summed E-state index contributed by atoms with van der Waals surface area (Å²) in [7, 11) is 0. The Morgan fingerprint density at radius 1 is 1.19 bits per heavy atom. The lowest BCUT2D eigenvalue weighted by Crippen LogP contribution is -2.16. The molecule has 0 radical (unpaired) electrons. The summed E-state index contributed by atoms with van der Waals surface area (Å²) in [6, 6.07) is 11.6. The third-order valence-corrected chi connectivity index (χ3v) is 5.36. The average molecular weight is 385 g/mol. The Morgan fingerprint density at radius 2 is 2.04 bits per heavy atom. The summed E-state index contributed by atoms with van der Waals surface area (Å²) < 4.78 is 12.2. The molecule has 0 atom stereocenters. The molecule has 8 heteroatoms. The first-order chi connectivity index (χ1) is 12.7. The monoisotopic (exact) mass is 385 g/mol. The van der Waals surface area contributed by atoms with E-state index in [9.17, 15) is 4.79 Å². The van der Waals surface area contributed by atoms with Crippen LogP contribution in [0.2, 0.25) is 0 Å². The van der Waals surface area contributed by atoms with Crippen LogP contribution in [-0.2, 0) is 13.2 Å². The normalized spacial score (nSPS) is 11.0. The van der Waals surface area contributed by atoms with Crippen molar-refractivity contribution >= 4 is 22.7 Å². The lowest BCUT2D eigenvalue weighted by molar-refractivity contribution is 0.305. The molecule has 0 aliphatic rings. The van der Waals surface area contributed by atoms with Crippen LogP contribution in [0.4, 0.5) is 0 Å². The minimum atomic E-state index is -0.487. The van der Waals surface area contributed by atoms with Crippen LogP contribution in [0.5, 0.6) is 5.75 Å². The number of nitrogens with zero attached hydrogens (tertiary/aromatic N) is 3. The van der Waals surface area contributed by atoms with E-state index in [4.69, 9.17) is 9.15 Å². The molecule has 4 aromatic rings. The van der Waals surface area contributed by atoms with Gasteiger partial charge in [0.15, 0.2) is 0 Å². The summed E-state index contributed by atoms with van der Waals surface area (Å²) >= 11 is 2.97. The quantitative estimate of drug-likeness (QED) is 0.502. The first-order valence-corrected chi connectivity index (χ1v) is 9.68. The molecule has 0 aliphatic heterocycles. The topological polar surface area (TPSA) is 70.2 Å². The van der Waals surface area contributed by atoms with Crippen LogP contribution in [0.25, 0.3) is 10.8 Å². The molecule has 4 rings (SSSR count). The van der Waals surface area contributed by atoms with Gasteiger partial charge in [0, 0.05) is 5.38 Å². The summed E-state index contributed by atoms with van der Waals surface area (Å²) in [5, 5.41) is 8.90. The second-order valence-corrected chi connectivity index (χ2v) is 7.53. The van der Waals surface area contributed by atoms with Crippen molar-refractivity contribution in [1.82, 2.24) is 14.8 Å². The zero-order chi connectivity index (χ0) is 17.9. The largest absolute Gasteiger partial charge is 0.486 e. The van der Waals surface area contributed by atoms with E-state index in [0.29, 0.717) is 12.5 Å². The number of aromatic nitrogens is 3. The minimum Gasteiger partial charge on any atom is -0.486 e. The Labute approximate surface area is 157 Å². The first kappa shape index (κ1) is 16.7. The van der Waals surface area contributed by atoms with Gasteiger partial charge in [0.25, 0.3) is 5.89 Å². The van der Waals surface area contributed by atoms with E-state index in [1.54, 1.807) is 0 Å². The first-order valence-electron chi connectivity index (χ1n) is 7.92. The molecule has 132 valence electrons. The van der Waals surface area contributed by atoms with E-state index in [0.717, 1.165) is 21.3 Å².